The van der Waals surface area contributed by atoms with Crippen LogP contribution in [0.4, 0.5) is 24.7 Å². The number of alkyl halides is 3. The zero-order chi connectivity index (χ0) is 20.6. The molecule has 2 aromatic carbocycles. The Morgan fingerprint density at radius 2 is 1.83 bits per heavy atom. The highest BCUT2D eigenvalue weighted by Crippen LogP contribution is 2.43. The summed E-state index contributed by atoms with van der Waals surface area (Å²) in [5, 5.41) is 10.1. The Hall–Kier alpha value is -3.00. The Kier molecular flexibility index (Phi) is 4.96. The van der Waals surface area contributed by atoms with Crippen LogP contribution in [-0.4, -0.2) is 21.9 Å². The molecule has 4 rings (SSSR count). The molecule has 2 atom stereocenters. The topological polar surface area (TPSA) is 59.0 Å². The van der Waals surface area contributed by atoms with Crippen LogP contribution in [0.3, 0.4) is 0 Å². The molecule has 1 aliphatic rings. The number of carbonyl (C=O) groups excluding carboxylic acids is 1. The van der Waals surface area contributed by atoms with Gasteiger partial charge in [0.25, 0.3) is 5.91 Å². The zero-order valence-corrected chi connectivity index (χ0v) is 15.7. The fourth-order valence-electron chi connectivity index (χ4n) is 3.32. The van der Waals surface area contributed by atoms with Crippen molar-refractivity contribution in [2.45, 2.75) is 24.7 Å². The summed E-state index contributed by atoms with van der Waals surface area (Å²) >= 11 is 5.81. The first-order chi connectivity index (χ1) is 13.8. The van der Waals surface area contributed by atoms with Gasteiger partial charge in [0.2, 0.25) is 0 Å². The Labute approximate surface area is 169 Å². The van der Waals surface area contributed by atoms with Crippen LogP contribution in [0.15, 0.2) is 60.7 Å². The molecule has 1 aliphatic heterocycles. The van der Waals surface area contributed by atoms with Crippen molar-refractivity contribution in [2.75, 3.05) is 10.6 Å². The standard InChI is InChI=1S/C20H16ClF3N4O/c21-13-6-8-14(9-7-13)25-19(29)16-11-18-26-15(12-4-2-1-3-5-12)10-17(20(22,23)24)28(18)27-16/h1-9,11,15,17,26H,10H2,(H,25,29)/t15-,17-/m0/s1. The van der Waals surface area contributed by atoms with Crippen LogP contribution in [0.5, 0.6) is 0 Å². The fourth-order valence-corrected chi connectivity index (χ4v) is 3.44. The summed E-state index contributed by atoms with van der Waals surface area (Å²) in [6, 6.07) is 14.2. The Morgan fingerprint density at radius 3 is 2.48 bits per heavy atom. The van der Waals surface area contributed by atoms with Gasteiger partial charge in [0.1, 0.15) is 5.82 Å². The SMILES string of the molecule is O=C(Nc1ccc(Cl)cc1)c1cc2n(n1)[C@H](C(F)(F)F)C[C@@H](c1ccccc1)N2. The maximum Gasteiger partial charge on any atom is 0.410 e. The van der Waals surface area contributed by atoms with Crippen LogP contribution in [0.2, 0.25) is 5.02 Å². The Bertz CT molecular complexity index is 1020. The number of nitrogens with one attached hydrogen (secondary N) is 2. The van der Waals surface area contributed by atoms with Gasteiger partial charge in [-0.15, -0.1) is 0 Å². The average Bonchev–Trinajstić information content (AvgIpc) is 3.13. The lowest BCUT2D eigenvalue weighted by molar-refractivity contribution is -0.173. The third-order valence-corrected chi connectivity index (χ3v) is 4.98. The van der Waals surface area contributed by atoms with E-state index in [4.69, 9.17) is 11.6 Å². The van der Waals surface area contributed by atoms with Crippen molar-refractivity contribution in [3.05, 3.63) is 76.9 Å². The summed E-state index contributed by atoms with van der Waals surface area (Å²) < 4.78 is 42.0. The van der Waals surface area contributed by atoms with E-state index in [1.165, 1.54) is 6.07 Å². The number of halogens is 4. The summed E-state index contributed by atoms with van der Waals surface area (Å²) in [6.07, 6.45) is -4.72. The van der Waals surface area contributed by atoms with Gasteiger partial charge in [-0.05, 0) is 29.8 Å². The molecule has 29 heavy (non-hydrogen) atoms. The second-order valence-corrected chi connectivity index (χ2v) is 7.16. The van der Waals surface area contributed by atoms with Crippen LogP contribution in [0.25, 0.3) is 0 Å². The highest BCUT2D eigenvalue weighted by Gasteiger charge is 2.46. The van der Waals surface area contributed by atoms with Gasteiger partial charge in [-0.1, -0.05) is 41.9 Å². The second kappa shape index (κ2) is 7.44. The van der Waals surface area contributed by atoms with E-state index in [9.17, 15) is 18.0 Å². The summed E-state index contributed by atoms with van der Waals surface area (Å²) in [5.41, 5.74) is 1.10. The Balaban J connectivity index is 1.63. The van der Waals surface area contributed by atoms with Crippen molar-refractivity contribution in [1.29, 1.82) is 0 Å². The highest BCUT2D eigenvalue weighted by atomic mass is 35.5. The molecule has 0 bridgehead atoms. The van der Waals surface area contributed by atoms with E-state index in [0.717, 1.165) is 10.2 Å². The molecule has 0 spiro atoms. The minimum Gasteiger partial charge on any atom is -0.363 e. The molecule has 5 nitrogen and oxygen atoms in total. The summed E-state index contributed by atoms with van der Waals surface area (Å²) in [5.74, 6) is -0.457. The Morgan fingerprint density at radius 1 is 1.14 bits per heavy atom. The minimum absolute atomic E-state index is 0.106. The number of aromatic nitrogens is 2. The third kappa shape index (κ3) is 4.07. The molecule has 150 valence electrons. The van der Waals surface area contributed by atoms with Gasteiger partial charge in [0.05, 0.1) is 6.04 Å². The lowest BCUT2D eigenvalue weighted by Gasteiger charge is -2.33. The quantitative estimate of drug-likeness (QED) is 0.592. The molecule has 2 heterocycles. The van der Waals surface area contributed by atoms with Gasteiger partial charge < -0.3 is 10.6 Å². The lowest BCUT2D eigenvalue weighted by atomic mass is 9.97. The van der Waals surface area contributed by atoms with Crippen LogP contribution in [-0.2, 0) is 0 Å². The number of amides is 1. The second-order valence-electron chi connectivity index (χ2n) is 6.72. The van der Waals surface area contributed by atoms with E-state index >= 15 is 0 Å². The van der Waals surface area contributed by atoms with Crippen LogP contribution < -0.4 is 10.6 Å². The summed E-state index contributed by atoms with van der Waals surface area (Å²) in [4.78, 5) is 12.5. The van der Waals surface area contributed by atoms with Crippen LogP contribution in [0.1, 0.15) is 34.6 Å². The number of rotatable bonds is 3. The van der Waals surface area contributed by atoms with Gasteiger partial charge in [-0.25, -0.2) is 4.68 Å². The van der Waals surface area contributed by atoms with Crippen molar-refractivity contribution < 1.29 is 18.0 Å². The lowest BCUT2D eigenvalue weighted by Crippen LogP contribution is -2.35. The minimum atomic E-state index is -4.50. The van der Waals surface area contributed by atoms with Crippen molar-refractivity contribution in [3.63, 3.8) is 0 Å². The molecule has 0 aliphatic carbocycles. The van der Waals surface area contributed by atoms with E-state index in [2.05, 4.69) is 15.7 Å². The number of carbonyl (C=O) groups is 1. The van der Waals surface area contributed by atoms with E-state index in [0.29, 0.717) is 10.7 Å². The monoisotopic (exact) mass is 420 g/mol. The molecule has 1 aromatic heterocycles. The smallest absolute Gasteiger partial charge is 0.363 e. The van der Waals surface area contributed by atoms with Crippen molar-refractivity contribution in [3.8, 4) is 0 Å². The molecule has 1 amide bonds. The number of hydrogen-bond donors (Lipinski definition) is 2. The summed E-state index contributed by atoms with van der Waals surface area (Å²) in [6.45, 7) is 0. The molecule has 0 radical (unpaired) electrons. The maximum absolute atomic E-state index is 13.7. The van der Waals surface area contributed by atoms with Crippen LogP contribution in [0, 0.1) is 0 Å². The predicted octanol–water partition coefficient (Wildman–Crippen LogP) is 5.45. The fraction of sp³-hybridized carbons (Fsp3) is 0.200. The van der Waals surface area contributed by atoms with Gasteiger partial charge in [0, 0.05) is 23.2 Å². The number of anilines is 2. The van der Waals surface area contributed by atoms with Crippen molar-refractivity contribution >= 4 is 29.0 Å². The first kappa shape index (κ1) is 19.3. The molecular weight excluding hydrogens is 405 g/mol. The van der Waals surface area contributed by atoms with Crippen molar-refractivity contribution in [1.82, 2.24) is 9.78 Å². The predicted molar refractivity (Wildman–Crippen MR) is 104 cm³/mol. The van der Waals surface area contributed by atoms with Gasteiger partial charge in [-0.3, -0.25) is 4.79 Å². The highest BCUT2D eigenvalue weighted by molar-refractivity contribution is 6.30. The number of fused-ring (bicyclic) bond motifs is 1. The van der Waals surface area contributed by atoms with Crippen molar-refractivity contribution in [2.24, 2.45) is 0 Å². The molecule has 3 aromatic rings. The number of nitrogens with zero attached hydrogens (tertiary/aromatic N) is 2. The molecule has 0 unspecified atom stereocenters. The van der Waals surface area contributed by atoms with E-state index in [1.807, 2.05) is 0 Å². The van der Waals surface area contributed by atoms with E-state index in [-0.39, 0.29) is 17.9 Å². The van der Waals surface area contributed by atoms with Gasteiger partial charge in [0.15, 0.2) is 11.7 Å². The third-order valence-electron chi connectivity index (χ3n) is 4.73. The molecule has 9 heteroatoms. The maximum atomic E-state index is 13.7. The first-order valence-electron chi connectivity index (χ1n) is 8.86. The normalized spacial score (nSPS) is 18.6. The number of benzene rings is 2. The van der Waals surface area contributed by atoms with Gasteiger partial charge in [-0.2, -0.15) is 18.3 Å². The summed E-state index contributed by atoms with van der Waals surface area (Å²) in [7, 11) is 0. The molecular formula is C20H16ClF3N4O. The van der Waals surface area contributed by atoms with Gasteiger partial charge >= 0.3 is 6.18 Å². The molecule has 0 saturated heterocycles. The molecule has 0 saturated carbocycles. The van der Waals surface area contributed by atoms with E-state index < -0.39 is 24.2 Å². The van der Waals surface area contributed by atoms with Crippen LogP contribution >= 0.6 is 11.6 Å². The zero-order valence-electron chi connectivity index (χ0n) is 14.9. The largest absolute Gasteiger partial charge is 0.410 e. The number of hydrogen-bond acceptors (Lipinski definition) is 3. The first-order valence-corrected chi connectivity index (χ1v) is 9.24. The molecule has 0 fully saturated rings. The van der Waals surface area contributed by atoms with E-state index in [1.54, 1.807) is 54.6 Å². The molecule has 2 N–H and O–H groups in total. The average molecular weight is 421 g/mol.